The molecule has 1 heterocycles. The maximum absolute atomic E-state index is 11.9. The van der Waals surface area contributed by atoms with Gasteiger partial charge in [-0.2, -0.15) is 0 Å². The molecule has 0 saturated carbocycles. The molecule has 23 heavy (non-hydrogen) atoms. The summed E-state index contributed by atoms with van der Waals surface area (Å²) in [6, 6.07) is 6.63. The van der Waals surface area contributed by atoms with Gasteiger partial charge in [0.15, 0.2) is 12.2 Å². The highest BCUT2D eigenvalue weighted by molar-refractivity contribution is 5.81. The Hall–Kier alpha value is -3.03. The van der Waals surface area contributed by atoms with E-state index in [0.717, 1.165) is 0 Å². The van der Waals surface area contributed by atoms with Crippen LogP contribution in [0.2, 0.25) is 0 Å². The van der Waals surface area contributed by atoms with Gasteiger partial charge in [-0.15, -0.1) is 0 Å². The van der Waals surface area contributed by atoms with Crippen LogP contribution in [0.4, 0.5) is 0 Å². The van der Waals surface area contributed by atoms with Gasteiger partial charge in [-0.05, 0) is 23.6 Å². The number of fused-ring (bicyclic) bond motifs is 1. The minimum absolute atomic E-state index is 0.0654. The van der Waals surface area contributed by atoms with Crippen LogP contribution in [-0.2, 0) is 11.2 Å². The van der Waals surface area contributed by atoms with E-state index in [1.165, 1.54) is 0 Å². The largest absolute Gasteiger partial charge is 0.481 e. The fourth-order valence-corrected chi connectivity index (χ4v) is 2.12. The summed E-state index contributed by atoms with van der Waals surface area (Å²) in [5, 5.41) is 9.51. The lowest BCUT2D eigenvalue weighted by Gasteiger charge is -2.14. The molecule has 0 aliphatic heterocycles. The highest BCUT2D eigenvalue weighted by Crippen LogP contribution is 2.21. The van der Waals surface area contributed by atoms with Gasteiger partial charge in [-0.3, -0.25) is 9.59 Å². The standard InChI is InChI=1S/C15H18N4O4/c1-2-12(19-15(16)17)23-10-4-3-8-5-9(6-13(20)21)14(22)18-11(8)7-10/h3-5,7,12H,2,6H2,1H3,(H,18,22)(H,20,21)(H4,16,17,19). The van der Waals surface area contributed by atoms with E-state index in [9.17, 15) is 9.59 Å². The molecule has 1 aromatic heterocycles. The lowest BCUT2D eigenvalue weighted by atomic mass is 10.1. The number of nitrogens with zero attached hydrogens (tertiary/aromatic N) is 1. The molecule has 1 atom stereocenters. The van der Waals surface area contributed by atoms with Gasteiger partial charge >= 0.3 is 5.97 Å². The molecule has 0 saturated heterocycles. The number of aromatic amines is 1. The van der Waals surface area contributed by atoms with Crippen molar-refractivity contribution >= 4 is 22.8 Å². The molecule has 2 aromatic rings. The predicted octanol–water partition coefficient (Wildman–Crippen LogP) is 0.543. The summed E-state index contributed by atoms with van der Waals surface area (Å²) in [5.74, 6) is -0.627. The van der Waals surface area contributed by atoms with Crippen LogP contribution < -0.4 is 21.8 Å². The molecule has 8 nitrogen and oxygen atoms in total. The molecule has 0 bridgehead atoms. The van der Waals surface area contributed by atoms with Crippen molar-refractivity contribution in [1.29, 1.82) is 0 Å². The number of H-pyrrole nitrogens is 1. The number of nitrogens with one attached hydrogen (secondary N) is 1. The van der Waals surface area contributed by atoms with E-state index in [1.807, 2.05) is 6.92 Å². The van der Waals surface area contributed by atoms with Crippen LogP contribution in [0.1, 0.15) is 18.9 Å². The van der Waals surface area contributed by atoms with E-state index in [4.69, 9.17) is 21.3 Å². The number of ether oxygens (including phenoxy) is 1. The summed E-state index contributed by atoms with van der Waals surface area (Å²) in [6.07, 6.45) is -0.272. The molecule has 122 valence electrons. The highest BCUT2D eigenvalue weighted by Gasteiger charge is 2.10. The average molecular weight is 318 g/mol. The van der Waals surface area contributed by atoms with E-state index < -0.39 is 17.8 Å². The van der Waals surface area contributed by atoms with Crippen LogP contribution in [0.5, 0.6) is 5.75 Å². The van der Waals surface area contributed by atoms with E-state index in [-0.39, 0.29) is 17.9 Å². The van der Waals surface area contributed by atoms with Gasteiger partial charge in [-0.25, -0.2) is 4.99 Å². The Labute approximate surface area is 131 Å². The third-order valence-corrected chi connectivity index (χ3v) is 3.15. The van der Waals surface area contributed by atoms with E-state index in [1.54, 1.807) is 24.3 Å². The molecule has 0 spiro atoms. The number of aromatic nitrogens is 1. The number of pyridine rings is 1. The van der Waals surface area contributed by atoms with Gasteiger partial charge in [0, 0.05) is 18.1 Å². The Morgan fingerprint density at radius 3 is 2.74 bits per heavy atom. The molecular weight excluding hydrogens is 300 g/mol. The Balaban J connectivity index is 2.34. The summed E-state index contributed by atoms with van der Waals surface area (Å²) >= 11 is 0. The fourth-order valence-electron chi connectivity index (χ4n) is 2.12. The van der Waals surface area contributed by atoms with Crippen molar-refractivity contribution in [2.75, 3.05) is 0 Å². The summed E-state index contributed by atoms with van der Waals surface area (Å²) in [6.45, 7) is 1.87. The molecule has 6 N–H and O–H groups in total. The SMILES string of the molecule is CCC(N=C(N)N)Oc1ccc2cc(CC(=O)O)c(=O)[nH]c2c1. The fraction of sp³-hybridized carbons (Fsp3) is 0.267. The molecule has 1 aromatic carbocycles. The number of aliphatic carboxylic acids is 1. The second kappa shape index (κ2) is 6.82. The van der Waals surface area contributed by atoms with Crippen molar-refractivity contribution < 1.29 is 14.6 Å². The number of guanidine groups is 1. The molecule has 0 aliphatic carbocycles. The minimum atomic E-state index is -1.06. The van der Waals surface area contributed by atoms with Gasteiger partial charge in [-0.1, -0.05) is 6.92 Å². The lowest BCUT2D eigenvalue weighted by Crippen LogP contribution is -2.27. The van der Waals surface area contributed by atoms with E-state index in [2.05, 4.69) is 9.98 Å². The predicted molar refractivity (Wildman–Crippen MR) is 86.4 cm³/mol. The molecule has 8 heteroatoms. The summed E-state index contributed by atoms with van der Waals surface area (Å²) in [5.41, 5.74) is 11.0. The van der Waals surface area contributed by atoms with E-state index in [0.29, 0.717) is 23.1 Å². The molecule has 0 radical (unpaired) electrons. The molecule has 0 amide bonds. The lowest BCUT2D eigenvalue weighted by molar-refractivity contribution is -0.136. The van der Waals surface area contributed by atoms with Crippen LogP contribution in [0, 0.1) is 0 Å². The van der Waals surface area contributed by atoms with Crippen molar-refractivity contribution in [3.8, 4) is 5.75 Å². The van der Waals surface area contributed by atoms with Gasteiger partial charge in [0.1, 0.15) is 5.75 Å². The zero-order valence-corrected chi connectivity index (χ0v) is 12.6. The number of carboxylic acid groups (broad SMARTS) is 1. The summed E-state index contributed by atoms with van der Waals surface area (Å²) in [4.78, 5) is 29.2. The van der Waals surface area contributed by atoms with Crippen molar-refractivity contribution in [3.63, 3.8) is 0 Å². The van der Waals surface area contributed by atoms with Crippen LogP contribution >= 0.6 is 0 Å². The smallest absolute Gasteiger partial charge is 0.308 e. The molecule has 1 unspecified atom stereocenters. The number of benzene rings is 1. The summed E-state index contributed by atoms with van der Waals surface area (Å²) in [7, 11) is 0. The van der Waals surface area contributed by atoms with Crippen molar-refractivity contribution in [2.45, 2.75) is 26.0 Å². The third kappa shape index (κ3) is 4.22. The second-order valence-corrected chi connectivity index (χ2v) is 4.98. The monoisotopic (exact) mass is 318 g/mol. The maximum Gasteiger partial charge on any atom is 0.308 e. The van der Waals surface area contributed by atoms with Gasteiger partial charge in [0.2, 0.25) is 0 Å². The van der Waals surface area contributed by atoms with E-state index >= 15 is 0 Å². The van der Waals surface area contributed by atoms with Crippen LogP contribution in [0.3, 0.4) is 0 Å². The zero-order valence-electron chi connectivity index (χ0n) is 12.6. The molecule has 0 fully saturated rings. The minimum Gasteiger partial charge on any atom is -0.481 e. The number of nitrogens with two attached hydrogens (primary N) is 2. The summed E-state index contributed by atoms with van der Waals surface area (Å²) < 4.78 is 5.65. The average Bonchev–Trinajstić information content (AvgIpc) is 2.46. The molecule has 2 rings (SSSR count). The number of carboxylic acids is 1. The topological polar surface area (TPSA) is 144 Å². The van der Waals surface area contributed by atoms with Crippen LogP contribution in [0.25, 0.3) is 10.9 Å². The van der Waals surface area contributed by atoms with Crippen molar-refractivity contribution in [1.82, 2.24) is 4.98 Å². The second-order valence-electron chi connectivity index (χ2n) is 4.98. The first-order valence-electron chi connectivity index (χ1n) is 7.02. The quantitative estimate of drug-likeness (QED) is 0.452. The number of hydrogen-bond acceptors (Lipinski definition) is 4. The molecule has 0 aliphatic rings. The van der Waals surface area contributed by atoms with Crippen LogP contribution in [0.15, 0.2) is 34.1 Å². The third-order valence-electron chi connectivity index (χ3n) is 3.15. The zero-order chi connectivity index (χ0) is 17.0. The van der Waals surface area contributed by atoms with Gasteiger partial charge < -0.3 is 26.3 Å². The Bertz CT molecular complexity index is 809. The van der Waals surface area contributed by atoms with Gasteiger partial charge in [0.25, 0.3) is 5.56 Å². The Kier molecular flexibility index (Phi) is 4.85. The number of hydrogen-bond donors (Lipinski definition) is 4. The Morgan fingerprint density at radius 1 is 1.39 bits per heavy atom. The maximum atomic E-state index is 11.9. The van der Waals surface area contributed by atoms with Gasteiger partial charge in [0.05, 0.1) is 11.9 Å². The highest BCUT2D eigenvalue weighted by atomic mass is 16.5. The number of rotatable bonds is 6. The first-order valence-corrected chi connectivity index (χ1v) is 7.02. The number of carbonyl (C=O) groups is 1. The van der Waals surface area contributed by atoms with Crippen molar-refractivity contribution in [3.05, 3.63) is 40.2 Å². The Morgan fingerprint density at radius 2 is 2.13 bits per heavy atom. The van der Waals surface area contributed by atoms with Crippen molar-refractivity contribution in [2.24, 2.45) is 16.5 Å². The first-order chi connectivity index (χ1) is 10.9. The van der Waals surface area contributed by atoms with Crippen LogP contribution in [-0.4, -0.2) is 28.2 Å². The first kappa shape index (κ1) is 16.3. The molecular formula is C15H18N4O4. The normalized spacial score (nSPS) is 11.9. The number of aliphatic imine (C=N–C) groups is 1.